The molecule has 2 rings (SSSR count). The van der Waals surface area contributed by atoms with E-state index in [1.807, 2.05) is 0 Å². The van der Waals surface area contributed by atoms with E-state index in [4.69, 9.17) is 15.6 Å². The number of hydrogen-bond donors (Lipinski definition) is 4. The molecule has 0 spiro atoms. The summed E-state index contributed by atoms with van der Waals surface area (Å²) in [6.07, 6.45) is -1.57. The number of carbonyl (C=O) groups is 1. The quantitative estimate of drug-likeness (QED) is 0.550. The number of imidazole rings is 1. The molecule has 20 heavy (non-hydrogen) atoms. The summed E-state index contributed by atoms with van der Waals surface area (Å²) in [5.74, 6) is -0.726. The molecule has 2 heterocycles. The second-order valence-electron chi connectivity index (χ2n) is 4.27. The second kappa shape index (κ2) is 6.02. The number of carbonyl (C=O) groups excluding carboxylic acids is 1. The van der Waals surface area contributed by atoms with Gasteiger partial charge in [-0.15, -0.1) is 0 Å². The minimum Gasteiger partial charge on any atom is -0.394 e. The van der Waals surface area contributed by atoms with Crippen molar-refractivity contribution in [1.29, 1.82) is 0 Å². The molecule has 1 aromatic rings. The highest BCUT2D eigenvalue weighted by molar-refractivity contribution is 9.11. The van der Waals surface area contributed by atoms with Gasteiger partial charge in [-0.05, 0) is 11.1 Å². The molecule has 1 saturated heterocycles. The van der Waals surface area contributed by atoms with Crippen molar-refractivity contribution >= 4 is 27.9 Å². The van der Waals surface area contributed by atoms with Crippen molar-refractivity contribution in [3.8, 4) is 0 Å². The number of nitrogens with zero attached hydrogens (tertiary/aromatic N) is 2. The van der Waals surface area contributed by atoms with E-state index in [1.54, 1.807) is 0 Å². The van der Waals surface area contributed by atoms with Crippen LogP contribution < -0.4 is 5.73 Å². The average Bonchev–Trinajstić information content (AvgIpc) is 2.94. The SMILES string of the molecule is NC(=O)c1ncn([C@@H]2O[C@H](CO)[C@@H](O)[C@H]2O)c1/C=C/Br. The largest absolute Gasteiger partial charge is 0.394 e. The lowest BCUT2D eigenvalue weighted by Gasteiger charge is -2.18. The minimum absolute atomic E-state index is 0.0124. The van der Waals surface area contributed by atoms with Gasteiger partial charge in [0, 0.05) is 0 Å². The van der Waals surface area contributed by atoms with Crippen molar-refractivity contribution in [2.75, 3.05) is 6.61 Å². The molecule has 110 valence electrons. The van der Waals surface area contributed by atoms with E-state index >= 15 is 0 Å². The van der Waals surface area contributed by atoms with Gasteiger partial charge in [-0.2, -0.15) is 0 Å². The lowest BCUT2D eigenvalue weighted by atomic mass is 10.1. The fourth-order valence-corrected chi connectivity index (χ4v) is 2.35. The number of aliphatic hydroxyl groups is 3. The zero-order valence-electron chi connectivity index (χ0n) is 10.3. The summed E-state index contributed by atoms with van der Waals surface area (Å²) >= 11 is 3.08. The first-order chi connectivity index (χ1) is 9.51. The maximum Gasteiger partial charge on any atom is 0.269 e. The van der Waals surface area contributed by atoms with Crippen LogP contribution >= 0.6 is 15.9 Å². The highest BCUT2D eigenvalue weighted by Crippen LogP contribution is 2.31. The van der Waals surface area contributed by atoms with Crippen molar-refractivity contribution in [2.45, 2.75) is 24.5 Å². The van der Waals surface area contributed by atoms with Crippen LogP contribution in [0.4, 0.5) is 0 Å². The number of halogens is 1. The van der Waals surface area contributed by atoms with Gasteiger partial charge < -0.3 is 30.4 Å². The first-order valence-corrected chi connectivity index (χ1v) is 6.68. The molecular weight excluding hydrogens is 334 g/mol. The molecule has 0 unspecified atom stereocenters. The average molecular weight is 348 g/mol. The topological polar surface area (TPSA) is 131 Å². The third kappa shape index (κ3) is 2.50. The molecule has 0 aliphatic carbocycles. The zero-order valence-corrected chi connectivity index (χ0v) is 11.8. The molecule has 0 radical (unpaired) electrons. The van der Waals surface area contributed by atoms with Crippen LogP contribution in [0.2, 0.25) is 0 Å². The van der Waals surface area contributed by atoms with E-state index in [2.05, 4.69) is 20.9 Å². The van der Waals surface area contributed by atoms with Gasteiger partial charge in [0.2, 0.25) is 0 Å². The van der Waals surface area contributed by atoms with E-state index in [0.29, 0.717) is 5.69 Å². The van der Waals surface area contributed by atoms with Crippen molar-refractivity contribution in [2.24, 2.45) is 5.73 Å². The molecule has 1 aliphatic heterocycles. The fourth-order valence-electron chi connectivity index (χ4n) is 2.10. The molecule has 1 fully saturated rings. The lowest BCUT2D eigenvalue weighted by Crippen LogP contribution is -2.33. The van der Waals surface area contributed by atoms with Gasteiger partial charge in [0.1, 0.15) is 18.3 Å². The standard InChI is InChI=1S/C11H14BrN3O5/c12-2-1-5-7(10(13)19)14-4-15(5)11-9(18)8(17)6(3-16)20-11/h1-2,4,6,8-9,11,16-18H,3H2,(H2,13,19)/b2-1+/t6-,8-,9-,11-/m1/s1. The van der Waals surface area contributed by atoms with E-state index in [-0.39, 0.29) is 5.69 Å². The van der Waals surface area contributed by atoms with Crippen LogP contribution in [0.5, 0.6) is 0 Å². The molecule has 5 N–H and O–H groups in total. The molecule has 0 saturated carbocycles. The number of aromatic nitrogens is 2. The van der Waals surface area contributed by atoms with Gasteiger partial charge in [0.05, 0.1) is 18.6 Å². The lowest BCUT2D eigenvalue weighted by molar-refractivity contribution is -0.0530. The molecule has 0 bridgehead atoms. The summed E-state index contributed by atoms with van der Waals surface area (Å²) in [7, 11) is 0. The summed E-state index contributed by atoms with van der Waals surface area (Å²) in [5.41, 5.74) is 5.55. The monoisotopic (exact) mass is 347 g/mol. The molecule has 8 nitrogen and oxygen atoms in total. The number of rotatable bonds is 4. The smallest absolute Gasteiger partial charge is 0.269 e. The molecular formula is C11H14BrN3O5. The summed E-state index contributed by atoms with van der Waals surface area (Å²) in [6, 6.07) is 0. The molecule has 1 amide bonds. The van der Waals surface area contributed by atoms with Crippen LogP contribution in [0.25, 0.3) is 6.08 Å². The molecule has 1 aromatic heterocycles. The minimum atomic E-state index is -1.26. The predicted octanol–water partition coefficient (Wildman–Crippen LogP) is -1.04. The third-order valence-electron chi connectivity index (χ3n) is 3.08. The molecule has 0 aromatic carbocycles. The van der Waals surface area contributed by atoms with E-state index in [1.165, 1.54) is 22.0 Å². The van der Waals surface area contributed by atoms with Gasteiger partial charge in [0.25, 0.3) is 5.91 Å². The third-order valence-corrected chi connectivity index (χ3v) is 3.34. The van der Waals surface area contributed by atoms with Crippen LogP contribution in [-0.2, 0) is 4.74 Å². The number of aliphatic hydroxyl groups excluding tert-OH is 3. The molecule has 9 heteroatoms. The highest BCUT2D eigenvalue weighted by atomic mass is 79.9. The Morgan fingerprint density at radius 1 is 1.55 bits per heavy atom. The first-order valence-electron chi connectivity index (χ1n) is 5.77. The first kappa shape index (κ1) is 15.1. The Hall–Kier alpha value is -1.26. The van der Waals surface area contributed by atoms with Crippen LogP contribution in [0.3, 0.4) is 0 Å². The summed E-state index contributed by atoms with van der Waals surface area (Å²) in [4.78, 5) is 16.7. The Balaban J connectivity index is 2.41. The summed E-state index contributed by atoms with van der Waals surface area (Å²) in [6.45, 7) is -0.435. The van der Waals surface area contributed by atoms with Gasteiger partial charge in [-0.25, -0.2) is 4.98 Å². The van der Waals surface area contributed by atoms with Gasteiger partial charge in [0.15, 0.2) is 11.9 Å². The summed E-state index contributed by atoms with van der Waals surface area (Å²) in [5, 5.41) is 28.8. The summed E-state index contributed by atoms with van der Waals surface area (Å²) < 4.78 is 6.75. The van der Waals surface area contributed by atoms with E-state index in [9.17, 15) is 15.0 Å². The van der Waals surface area contributed by atoms with Crippen LogP contribution in [0, 0.1) is 0 Å². The Morgan fingerprint density at radius 3 is 2.75 bits per heavy atom. The Labute approximate surface area is 122 Å². The van der Waals surface area contributed by atoms with Crippen molar-refractivity contribution in [1.82, 2.24) is 9.55 Å². The number of ether oxygens (including phenoxy) is 1. The molecule has 1 aliphatic rings. The van der Waals surface area contributed by atoms with E-state index in [0.717, 1.165) is 0 Å². The van der Waals surface area contributed by atoms with E-state index < -0.39 is 37.1 Å². The maximum atomic E-state index is 11.3. The number of hydrogen-bond acceptors (Lipinski definition) is 6. The Morgan fingerprint density at radius 2 is 2.25 bits per heavy atom. The van der Waals surface area contributed by atoms with Crippen molar-refractivity contribution in [3.05, 3.63) is 22.7 Å². The normalized spacial score (nSPS) is 30.2. The van der Waals surface area contributed by atoms with Crippen LogP contribution in [0.15, 0.2) is 11.3 Å². The van der Waals surface area contributed by atoms with Gasteiger partial charge >= 0.3 is 0 Å². The Bertz CT molecular complexity index is 532. The van der Waals surface area contributed by atoms with Crippen LogP contribution in [-0.4, -0.2) is 55.7 Å². The predicted molar refractivity (Wildman–Crippen MR) is 71.7 cm³/mol. The number of nitrogens with two attached hydrogens (primary N) is 1. The number of amides is 1. The zero-order chi connectivity index (χ0) is 14.9. The van der Waals surface area contributed by atoms with Crippen molar-refractivity contribution in [3.63, 3.8) is 0 Å². The fraction of sp³-hybridized carbons (Fsp3) is 0.455. The van der Waals surface area contributed by atoms with Crippen LogP contribution in [0.1, 0.15) is 22.4 Å². The number of primary amides is 1. The highest BCUT2D eigenvalue weighted by Gasteiger charge is 2.44. The maximum absolute atomic E-state index is 11.3. The van der Waals surface area contributed by atoms with Gasteiger partial charge in [-0.1, -0.05) is 15.9 Å². The molecule has 4 atom stereocenters. The Kier molecular flexibility index (Phi) is 4.55. The second-order valence-corrected chi connectivity index (χ2v) is 4.80. The van der Waals surface area contributed by atoms with Gasteiger partial charge in [-0.3, -0.25) is 4.79 Å². The van der Waals surface area contributed by atoms with Crippen molar-refractivity contribution < 1.29 is 24.9 Å².